The van der Waals surface area contributed by atoms with Crippen molar-refractivity contribution in [2.75, 3.05) is 4.90 Å². The summed E-state index contributed by atoms with van der Waals surface area (Å²) < 4.78 is 4.85. The lowest BCUT2D eigenvalue weighted by atomic mass is 10.2. The Bertz CT molecular complexity index is 668. The van der Waals surface area contributed by atoms with E-state index < -0.39 is 6.04 Å². The number of benzene rings is 1. The van der Waals surface area contributed by atoms with E-state index in [1.807, 2.05) is 6.07 Å². The van der Waals surface area contributed by atoms with Crippen molar-refractivity contribution in [2.45, 2.75) is 25.9 Å². The van der Waals surface area contributed by atoms with Crippen LogP contribution in [0.4, 0.5) is 5.69 Å². The summed E-state index contributed by atoms with van der Waals surface area (Å²) in [5.74, 6) is 0.455. The molecule has 1 aliphatic heterocycles. The van der Waals surface area contributed by atoms with Gasteiger partial charge in [0.2, 0.25) is 11.8 Å². The number of para-hydroxylation sites is 1. The van der Waals surface area contributed by atoms with Gasteiger partial charge in [-0.3, -0.25) is 14.9 Å². The molecular formula is C14H14N4O3. The van der Waals surface area contributed by atoms with E-state index in [0.717, 1.165) is 0 Å². The molecule has 7 nitrogen and oxygen atoms in total. The van der Waals surface area contributed by atoms with Gasteiger partial charge in [0.05, 0.1) is 24.7 Å². The normalized spacial score (nSPS) is 18.5. The van der Waals surface area contributed by atoms with E-state index in [9.17, 15) is 9.59 Å². The summed E-state index contributed by atoms with van der Waals surface area (Å²) in [6.07, 6.45) is 0.130. The first-order chi connectivity index (χ1) is 10.1. The molecule has 1 aliphatic rings. The number of amides is 2. The minimum Gasteiger partial charge on any atom is -0.340 e. The second kappa shape index (κ2) is 5.45. The topological polar surface area (TPSA) is 88.3 Å². The van der Waals surface area contributed by atoms with Crippen LogP contribution in [-0.4, -0.2) is 28.0 Å². The largest absolute Gasteiger partial charge is 0.340 e. The minimum atomic E-state index is -0.559. The molecule has 1 saturated heterocycles. The summed E-state index contributed by atoms with van der Waals surface area (Å²) in [7, 11) is 0. The molecule has 1 atom stereocenters. The van der Waals surface area contributed by atoms with Gasteiger partial charge < -0.3 is 4.52 Å². The van der Waals surface area contributed by atoms with E-state index in [0.29, 0.717) is 17.4 Å². The summed E-state index contributed by atoms with van der Waals surface area (Å²) >= 11 is 0. The van der Waals surface area contributed by atoms with Gasteiger partial charge in [-0.05, 0) is 12.1 Å². The van der Waals surface area contributed by atoms with Gasteiger partial charge in [0.25, 0.3) is 5.91 Å². The Kier molecular flexibility index (Phi) is 3.49. The zero-order chi connectivity index (χ0) is 14.8. The highest BCUT2D eigenvalue weighted by atomic mass is 16.5. The Labute approximate surface area is 120 Å². The molecule has 0 spiro atoms. The Morgan fingerprint density at radius 2 is 2.10 bits per heavy atom. The second-order valence-electron chi connectivity index (χ2n) is 4.77. The summed E-state index contributed by atoms with van der Waals surface area (Å²) in [6, 6.07) is 8.33. The fourth-order valence-electron chi connectivity index (χ4n) is 2.27. The van der Waals surface area contributed by atoms with Crippen LogP contribution in [0.5, 0.6) is 0 Å². The minimum absolute atomic E-state index is 0.130. The maximum absolute atomic E-state index is 12.3. The molecule has 3 rings (SSSR count). The van der Waals surface area contributed by atoms with Crippen LogP contribution in [-0.2, 0) is 16.1 Å². The number of rotatable bonds is 4. The Hall–Kier alpha value is -2.54. The number of hydrogen-bond acceptors (Lipinski definition) is 6. The number of aryl methyl sites for hydroxylation is 1. The molecule has 0 saturated carbocycles. The molecule has 21 heavy (non-hydrogen) atoms. The monoisotopic (exact) mass is 286 g/mol. The predicted octanol–water partition coefficient (Wildman–Crippen LogP) is 0.800. The Morgan fingerprint density at radius 3 is 2.76 bits per heavy atom. The van der Waals surface area contributed by atoms with Crippen LogP contribution in [0, 0.1) is 6.92 Å². The molecule has 1 fully saturated rings. The summed E-state index contributed by atoms with van der Waals surface area (Å²) in [4.78, 5) is 29.6. The number of nitrogens with one attached hydrogen (secondary N) is 1. The highest BCUT2D eigenvalue weighted by molar-refractivity contribution is 6.22. The van der Waals surface area contributed by atoms with Gasteiger partial charge in [0.1, 0.15) is 0 Å². The van der Waals surface area contributed by atoms with Gasteiger partial charge in [0.15, 0.2) is 5.82 Å². The molecule has 0 bridgehead atoms. The van der Waals surface area contributed by atoms with Crippen LogP contribution in [0.1, 0.15) is 18.1 Å². The molecule has 108 valence electrons. The zero-order valence-electron chi connectivity index (χ0n) is 11.4. The summed E-state index contributed by atoms with van der Waals surface area (Å²) in [5, 5.41) is 6.73. The van der Waals surface area contributed by atoms with Crippen molar-refractivity contribution in [3.8, 4) is 0 Å². The first-order valence-electron chi connectivity index (χ1n) is 6.59. The molecule has 1 aromatic carbocycles. The maximum atomic E-state index is 12.3. The van der Waals surface area contributed by atoms with E-state index in [2.05, 4.69) is 15.5 Å². The van der Waals surface area contributed by atoms with Crippen LogP contribution in [0.3, 0.4) is 0 Å². The van der Waals surface area contributed by atoms with Crippen molar-refractivity contribution in [3.63, 3.8) is 0 Å². The standard InChI is InChI=1S/C14H14N4O3/c1-9-16-12(17-21-9)8-15-11-7-13(19)18(14(11)20)10-5-3-2-4-6-10/h2-6,11,15H,7-8H2,1H3. The van der Waals surface area contributed by atoms with Gasteiger partial charge in [0, 0.05) is 6.92 Å². The van der Waals surface area contributed by atoms with Crippen LogP contribution in [0.25, 0.3) is 0 Å². The summed E-state index contributed by atoms with van der Waals surface area (Å²) in [5.41, 5.74) is 0.590. The number of imide groups is 1. The first kappa shape index (κ1) is 13.4. The average Bonchev–Trinajstić information content (AvgIpc) is 3.01. The zero-order valence-corrected chi connectivity index (χ0v) is 11.4. The molecule has 1 N–H and O–H groups in total. The lowest BCUT2D eigenvalue weighted by Gasteiger charge is -2.14. The first-order valence-corrected chi connectivity index (χ1v) is 6.59. The van der Waals surface area contributed by atoms with Crippen molar-refractivity contribution in [2.24, 2.45) is 0 Å². The average molecular weight is 286 g/mol. The van der Waals surface area contributed by atoms with Gasteiger partial charge in [-0.1, -0.05) is 23.4 Å². The molecule has 0 radical (unpaired) electrons. The molecule has 2 aromatic rings. The van der Waals surface area contributed by atoms with Crippen molar-refractivity contribution in [1.82, 2.24) is 15.5 Å². The third-order valence-corrected chi connectivity index (χ3v) is 3.24. The van der Waals surface area contributed by atoms with E-state index in [4.69, 9.17) is 4.52 Å². The van der Waals surface area contributed by atoms with Gasteiger partial charge in [-0.25, -0.2) is 4.90 Å². The van der Waals surface area contributed by atoms with Gasteiger partial charge in [-0.15, -0.1) is 0 Å². The second-order valence-corrected chi connectivity index (χ2v) is 4.77. The molecule has 2 amide bonds. The van der Waals surface area contributed by atoms with Crippen LogP contribution < -0.4 is 10.2 Å². The fraction of sp³-hybridized carbons (Fsp3) is 0.286. The molecular weight excluding hydrogens is 272 g/mol. The number of nitrogens with zero attached hydrogens (tertiary/aromatic N) is 3. The van der Waals surface area contributed by atoms with Gasteiger partial charge >= 0.3 is 0 Å². The van der Waals surface area contributed by atoms with E-state index in [1.54, 1.807) is 31.2 Å². The Balaban J connectivity index is 1.69. The number of hydrogen-bond donors (Lipinski definition) is 1. The Morgan fingerprint density at radius 1 is 1.33 bits per heavy atom. The maximum Gasteiger partial charge on any atom is 0.251 e. The molecule has 0 aliphatic carbocycles. The number of carbonyl (C=O) groups excluding carboxylic acids is 2. The van der Waals surface area contributed by atoms with Crippen LogP contribution >= 0.6 is 0 Å². The van der Waals surface area contributed by atoms with E-state index in [-0.39, 0.29) is 24.8 Å². The van der Waals surface area contributed by atoms with Crippen molar-refractivity contribution >= 4 is 17.5 Å². The lowest BCUT2D eigenvalue weighted by Crippen LogP contribution is -2.38. The number of carbonyl (C=O) groups is 2. The third-order valence-electron chi connectivity index (χ3n) is 3.24. The van der Waals surface area contributed by atoms with Crippen molar-refractivity contribution < 1.29 is 14.1 Å². The van der Waals surface area contributed by atoms with Crippen LogP contribution in [0.15, 0.2) is 34.9 Å². The highest BCUT2D eigenvalue weighted by Gasteiger charge is 2.39. The highest BCUT2D eigenvalue weighted by Crippen LogP contribution is 2.22. The summed E-state index contributed by atoms with van der Waals surface area (Å²) in [6.45, 7) is 1.97. The number of anilines is 1. The van der Waals surface area contributed by atoms with Crippen molar-refractivity contribution in [3.05, 3.63) is 42.0 Å². The smallest absolute Gasteiger partial charge is 0.251 e. The molecule has 1 aromatic heterocycles. The van der Waals surface area contributed by atoms with Crippen molar-refractivity contribution in [1.29, 1.82) is 0 Å². The van der Waals surface area contributed by atoms with E-state index >= 15 is 0 Å². The van der Waals surface area contributed by atoms with Gasteiger partial charge in [-0.2, -0.15) is 4.98 Å². The molecule has 7 heteroatoms. The molecule has 1 unspecified atom stereocenters. The quantitative estimate of drug-likeness (QED) is 0.836. The molecule has 2 heterocycles. The SMILES string of the molecule is Cc1nc(CNC2CC(=O)N(c3ccccc3)C2=O)no1. The number of aromatic nitrogens is 2. The third kappa shape index (κ3) is 2.68. The lowest BCUT2D eigenvalue weighted by molar-refractivity contribution is -0.121. The van der Waals surface area contributed by atoms with E-state index in [1.165, 1.54) is 4.90 Å². The fourth-order valence-corrected chi connectivity index (χ4v) is 2.27. The predicted molar refractivity (Wildman–Crippen MR) is 73.2 cm³/mol. The van der Waals surface area contributed by atoms with Crippen LogP contribution in [0.2, 0.25) is 0 Å².